The van der Waals surface area contributed by atoms with Gasteiger partial charge in [-0.1, -0.05) is 6.07 Å². The third kappa shape index (κ3) is 6.18. The molecule has 2 atom stereocenters. The van der Waals surface area contributed by atoms with E-state index in [9.17, 15) is 27.2 Å². The van der Waals surface area contributed by atoms with Crippen LogP contribution in [0.1, 0.15) is 52.5 Å². The zero-order valence-corrected chi connectivity index (χ0v) is 20.7. The van der Waals surface area contributed by atoms with Gasteiger partial charge in [0, 0.05) is 44.4 Å². The van der Waals surface area contributed by atoms with Gasteiger partial charge in [-0.2, -0.15) is 13.2 Å². The van der Waals surface area contributed by atoms with E-state index >= 15 is 0 Å². The van der Waals surface area contributed by atoms with E-state index in [2.05, 4.69) is 20.6 Å². The van der Waals surface area contributed by atoms with Crippen molar-refractivity contribution in [2.24, 2.45) is 5.41 Å². The summed E-state index contributed by atoms with van der Waals surface area (Å²) in [7, 11) is 5.00. The summed E-state index contributed by atoms with van der Waals surface area (Å²) in [6, 6.07) is 4.06. The Balaban J connectivity index is 1.69. The number of nitrogens with one attached hydrogen (secondary N) is 2. The van der Waals surface area contributed by atoms with Gasteiger partial charge >= 0.3 is 6.18 Å². The lowest BCUT2D eigenvalue weighted by Gasteiger charge is -2.29. The second-order valence-corrected chi connectivity index (χ2v) is 9.49. The van der Waals surface area contributed by atoms with Gasteiger partial charge in [0.15, 0.2) is 0 Å². The van der Waals surface area contributed by atoms with Crippen LogP contribution in [0.2, 0.25) is 0 Å². The lowest BCUT2D eigenvalue weighted by Crippen LogP contribution is -2.42. The van der Waals surface area contributed by atoms with Crippen molar-refractivity contribution in [2.45, 2.75) is 50.7 Å². The third-order valence-corrected chi connectivity index (χ3v) is 6.85. The maximum atomic E-state index is 14.4. The quantitative estimate of drug-likeness (QED) is 0.480. The Labute approximate surface area is 207 Å². The van der Waals surface area contributed by atoms with E-state index in [0.29, 0.717) is 23.4 Å². The number of benzene rings is 1. The summed E-state index contributed by atoms with van der Waals surface area (Å²) in [4.78, 5) is 34.5. The molecule has 3 rings (SSSR count). The minimum atomic E-state index is -4.44. The number of hydrogen-bond acceptors (Lipinski definition) is 5. The Hall–Kier alpha value is -3.08. The van der Waals surface area contributed by atoms with Crippen molar-refractivity contribution >= 4 is 11.8 Å². The van der Waals surface area contributed by atoms with Crippen molar-refractivity contribution in [3.8, 4) is 0 Å². The van der Waals surface area contributed by atoms with Crippen LogP contribution in [0.15, 0.2) is 30.6 Å². The summed E-state index contributed by atoms with van der Waals surface area (Å²) in [6.45, 7) is 1.79. The minimum Gasteiger partial charge on any atom is -0.355 e. The maximum Gasteiger partial charge on any atom is 0.395 e. The fourth-order valence-corrected chi connectivity index (χ4v) is 4.38. The summed E-state index contributed by atoms with van der Waals surface area (Å²) < 4.78 is 56.1. The molecule has 196 valence electrons. The van der Waals surface area contributed by atoms with Gasteiger partial charge in [0.25, 0.3) is 5.91 Å². The molecule has 0 spiro atoms. The zero-order chi connectivity index (χ0) is 26.7. The highest BCUT2D eigenvalue weighted by Gasteiger charge is 2.67. The molecule has 2 amide bonds. The zero-order valence-electron chi connectivity index (χ0n) is 20.7. The number of alkyl halides is 3. The number of aryl methyl sites for hydroxylation is 1. The van der Waals surface area contributed by atoms with Crippen LogP contribution in [-0.2, 0) is 11.2 Å². The van der Waals surface area contributed by atoms with Gasteiger partial charge in [-0.15, -0.1) is 0 Å². The highest BCUT2D eigenvalue weighted by molar-refractivity contribution is 5.94. The number of halogens is 4. The van der Waals surface area contributed by atoms with E-state index in [4.69, 9.17) is 0 Å². The average molecular weight is 510 g/mol. The fourth-order valence-electron chi connectivity index (χ4n) is 4.38. The lowest BCUT2D eigenvalue weighted by molar-refractivity contribution is -0.194. The monoisotopic (exact) mass is 509 g/mol. The van der Waals surface area contributed by atoms with Crippen molar-refractivity contribution in [3.63, 3.8) is 0 Å². The Kier molecular flexibility index (Phi) is 8.33. The number of rotatable bonds is 10. The van der Waals surface area contributed by atoms with Gasteiger partial charge in [-0.3, -0.25) is 9.59 Å². The molecule has 2 aromatic rings. The van der Waals surface area contributed by atoms with Crippen LogP contribution in [0.25, 0.3) is 0 Å². The van der Waals surface area contributed by atoms with Gasteiger partial charge in [-0.25, -0.2) is 14.4 Å². The molecule has 36 heavy (non-hydrogen) atoms. The van der Waals surface area contributed by atoms with Gasteiger partial charge in [0.1, 0.15) is 11.6 Å². The SMILES string of the molecule is CNC(=O)c1ccc(CC(CNC(=O)CC(c2cnc(C)nc2)C2(C(F)(F)F)CC2)N(C)C)cc1F. The molecule has 1 aliphatic rings. The van der Waals surface area contributed by atoms with Gasteiger partial charge in [0.05, 0.1) is 11.0 Å². The summed E-state index contributed by atoms with van der Waals surface area (Å²) in [5.41, 5.74) is -1.10. The summed E-state index contributed by atoms with van der Waals surface area (Å²) in [5.74, 6) is -2.34. The Bertz CT molecular complexity index is 1080. The van der Waals surface area contributed by atoms with E-state index in [1.807, 2.05) is 4.90 Å². The predicted octanol–water partition coefficient (Wildman–Crippen LogP) is 3.39. The molecule has 1 aromatic carbocycles. The number of carbonyl (C=O) groups is 2. The molecule has 2 unspecified atom stereocenters. The van der Waals surface area contributed by atoms with Crippen LogP contribution < -0.4 is 10.6 Å². The third-order valence-electron chi connectivity index (χ3n) is 6.85. The summed E-state index contributed by atoms with van der Waals surface area (Å²) >= 11 is 0. The van der Waals surface area contributed by atoms with Crippen molar-refractivity contribution in [1.29, 1.82) is 0 Å². The molecular weight excluding hydrogens is 478 g/mol. The molecule has 1 heterocycles. The van der Waals surface area contributed by atoms with E-state index in [1.54, 1.807) is 27.1 Å². The largest absolute Gasteiger partial charge is 0.395 e. The van der Waals surface area contributed by atoms with Crippen molar-refractivity contribution < 1.29 is 27.2 Å². The number of likely N-dealkylation sites (N-methyl/N-ethyl adjacent to an activating group) is 1. The predicted molar refractivity (Wildman–Crippen MR) is 126 cm³/mol. The maximum absolute atomic E-state index is 14.4. The number of nitrogens with zero attached hydrogens (tertiary/aromatic N) is 3. The average Bonchev–Trinajstić information content (AvgIpc) is 3.62. The Morgan fingerprint density at radius 3 is 2.31 bits per heavy atom. The van der Waals surface area contributed by atoms with Crippen molar-refractivity contribution in [2.75, 3.05) is 27.7 Å². The molecule has 11 heteroatoms. The summed E-state index contributed by atoms with van der Waals surface area (Å²) in [5, 5.41) is 5.13. The first-order valence-corrected chi connectivity index (χ1v) is 11.7. The lowest BCUT2D eigenvalue weighted by atomic mass is 9.81. The molecule has 1 aliphatic carbocycles. The van der Waals surface area contributed by atoms with Crippen LogP contribution >= 0.6 is 0 Å². The second kappa shape index (κ2) is 10.9. The molecule has 1 aromatic heterocycles. The van der Waals surface area contributed by atoms with E-state index in [0.717, 1.165) is 0 Å². The summed E-state index contributed by atoms with van der Waals surface area (Å²) in [6.07, 6.45) is -1.78. The first-order chi connectivity index (χ1) is 16.9. The molecule has 1 fully saturated rings. The normalized spacial score (nSPS) is 16.4. The number of amides is 2. The Morgan fingerprint density at radius 1 is 1.17 bits per heavy atom. The van der Waals surface area contributed by atoms with E-state index < -0.39 is 35.1 Å². The van der Waals surface area contributed by atoms with Gasteiger partial charge < -0.3 is 15.5 Å². The van der Waals surface area contributed by atoms with E-state index in [-0.39, 0.29) is 37.4 Å². The first kappa shape index (κ1) is 27.5. The number of carbonyl (C=O) groups excluding carboxylic acids is 2. The molecule has 7 nitrogen and oxygen atoms in total. The molecule has 0 aliphatic heterocycles. The minimum absolute atomic E-state index is 0.0414. The highest BCUT2D eigenvalue weighted by Crippen LogP contribution is 2.66. The van der Waals surface area contributed by atoms with Gasteiger partial charge in [-0.05, 0) is 63.5 Å². The van der Waals surface area contributed by atoms with Crippen LogP contribution in [0, 0.1) is 18.2 Å². The number of aromatic nitrogens is 2. The standard InChI is InChI=1S/C25H31F4N5O2/c1-15-31-12-17(13-32-15)20(24(7-8-24)25(27,28)29)11-22(35)33-14-18(34(3)4)9-16-5-6-19(21(26)10-16)23(36)30-2/h5-6,10,12-13,18,20H,7-9,11,14H2,1-4H3,(H,30,36)(H,33,35). The van der Waals surface area contributed by atoms with Crippen molar-refractivity contribution in [3.05, 3.63) is 58.9 Å². The smallest absolute Gasteiger partial charge is 0.355 e. The van der Waals surface area contributed by atoms with Crippen LogP contribution in [0.5, 0.6) is 0 Å². The van der Waals surface area contributed by atoms with Crippen molar-refractivity contribution in [1.82, 2.24) is 25.5 Å². The fraction of sp³-hybridized carbons (Fsp3) is 0.520. The second-order valence-electron chi connectivity index (χ2n) is 9.49. The molecule has 0 bridgehead atoms. The molecule has 2 N–H and O–H groups in total. The number of hydrogen-bond donors (Lipinski definition) is 2. The van der Waals surface area contributed by atoms with Crippen LogP contribution in [0.4, 0.5) is 17.6 Å². The molecule has 0 radical (unpaired) electrons. The topological polar surface area (TPSA) is 87.2 Å². The highest BCUT2D eigenvalue weighted by atomic mass is 19.4. The first-order valence-electron chi connectivity index (χ1n) is 11.7. The molecular formula is C25H31F4N5O2. The molecule has 1 saturated carbocycles. The molecule has 0 saturated heterocycles. The van der Waals surface area contributed by atoms with Crippen LogP contribution in [0.3, 0.4) is 0 Å². The van der Waals surface area contributed by atoms with E-state index in [1.165, 1.54) is 31.6 Å². The van der Waals surface area contributed by atoms with Crippen LogP contribution in [-0.4, -0.2) is 66.6 Å². The van der Waals surface area contributed by atoms with Gasteiger partial charge in [0.2, 0.25) is 5.91 Å². The Morgan fingerprint density at radius 2 is 1.81 bits per heavy atom.